The summed E-state index contributed by atoms with van der Waals surface area (Å²) < 4.78 is 5.09. The molecule has 0 aliphatic carbocycles. The number of carbonyl (C=O) groups is 1. The Kier molecular flexibility index (Phi) is 5.15. The molecule has 0 aliphatic rings. The number of hydrogen-bond donors (Lipinski definition) is 4. The van der Waals surface area contributed by atoms with Gasteiger partial charge in [-0.25, -0.2) is 4.79 Å². The van der Waals surface area contributed by atoms with Gasteiger partial charge in [-0.15, -0.1) is 0 Å². The SMILES string of the molecule is C=Cc1cccc(NC(=O)NNN)c1COC. The molecule has 1 aromatic carbocycles. The maximum absolute atomic E-state index is 11.3. The van der Waals surface area contributed by atoms with Gasteiger partial charge in [0.2, 0.25) is 0 Å². The van der Waals surface area contributed by atoms with E-state index in [0.717, 1.165) is 11.1 Å². The molecule has 6 nitrogen and oxygen atoms in total. The summed E-state index contributed by atoms with van der Waals surface area (Å²) in [6.07, 6.45) is 1.71. The van der Waals surface area contributed by atoms with E-state index in [2.05, 4.69) is 22.9 Å². The molecule has 0 saturated heterocycles. The summed E-state index contributed by atoms with van der Waals surface area (Å²) in [5.41, 5.74) is 6.68. The summed E-state index contributed by atoms with van der Waals surface area (Å²) in [6, 6.07) is 5.04. The van der Waals surface area contributed by atoms with Crippen molar-refractivity contribution in [3.63, 3.8) is 0 Å². The average molecular weight is 236 g/mol. The van der Waals surface area contributed by atoms with Crippen LogP contribution in [-0.4, -0.2) is 13.1 Å². The zero-order valence-electron chi connectivity index (χ0n) is 9.62. The molecule has 0 radical (unpaired) electrons. The van der Waals surface area contributed by atoms with E-state index < -0.39 is 6.03 Å². The van der Waals surface area contributed by atoms with Gasteiger partial charge in [0.1, 0.15) is 0 Å². The summed E-state index contributed by atoms with van der Waals surface area (Å²) in [7, 11) is 1.59. The van der Waals surface area contributed by atoms with Crippen LogP contribution in [0.5, 0.6) is 0 Å². The number of hydrogen-bond acceptors (Lipinski definition) is 4. The Morgan fingerprint density at radius 3 is 2.94 bits per heavy atom. The lowest BCUT2D eigenvalue weighted by molar-refractivity contribution is 0.185. The lowest BCUT2D eigenvalue weighted by Gasteiger charge is -2.13. The van der Waals surface area contributed by atoms with Crippen molar-refractivity contribution in [3.8, 4) is 0 Å². The molecule has 2 amide bonds. The fraction of sp³-hybridized carbons (Fsp3) is 0.182. The first-order valence-electron chi connectivity index (χ1n) is 4.98. The molecule has 0 saturated carbocycles. The van der Waals surface area contributed by atoms with Gasteiger partial charge in [0.15, 0.2) is 0 Å². The maximum atomic E-state index is 11.3. The Morgan fingerprint density at radius 2 is 2.35 bits per heavy atom. The van der Waals surface area contributed by atoms with Crippen molar-refractivity contribution in [2.24, 2.45) is 5.84 Å². The highest BCUT2D eigenvalue weighted by Gasteiger charge is 2.08. The predicted molar refractivity (Wildman–Crippen MR) is 66.7 cm³/mol. The molecule has 17 heavy (non-hydrogen) atoms. The molecule has 0 heterocycles. The molecule has 6 heteroatoms. The fourth-order valence-electron chi connectivity index (χ4n) is 1.44. The van der Waals surface area contributed by atoms with E-state index >= 15 is 0 Å². The van der Waals surface area contributed by atoms with Gasteiger partial charge in [-0.1, -0.05) is 24.8 Å². The standard InChI is InChI=1S/C11H16N4O2/c1-3-8-5-4-6-10(9(8)7-17-2)13-11(16)14-15-12/h3-6,15H,1,7,12H2,2H3,(H2,13,14,16). The van der Waals surface area contributed by atoms with Gasteiger partial charge in [0, 0.05) is 18.4 Å². The lowest BCUT2D eigenvalue weighted by Crippen LogP contribution is -2.44. The Labute approximate surface area is 99.8 Å². The average Bonchev–Trinajstić information content (AvgIpc) is 2.32. The summed E-state index contributed by atoms with van der Waals surface area (Å²) in [6.45, 7) is 4.10. The van der Waals surface area contributed by atoms with Crippen LogP contribution in [0, 0.1) is 0 Å². The number of carbonyl (C=O) groups excluding carboxylic acids is 1. The molecular formula is C11H16N4O2. The first-order chi connectivity index (χ1) is 8.22. The van der Waals surface area contributed by atoms with E-state index in [1.54, 1.807) is 19.3 Å². The molecule has 0 unspecified atom stereocenters. The number of urea groups is 1. The normalized spacial score (nSPS) is 9.76. The minimum atomic E-state index is -0.453. The van der Waals surface area contributed by atoms with Crippen molar-refractivity contribution < 1.29 is 9.53 Å². The van der Waals surface area contributed by atoms with Crippen molar-refractivity contribution in [1.29, 1.82) is 0 Å². The number of hydrazine groups is 2. The third-order valence-corrected chi connectivity index (χ3v) is 2.15. The Hall–Kier alpha value is -1.89. The molecule has 0 fully saturated rings. The van der Waals surface area contributed by atoms with E-state index in [-0.39, 0.29) is 0 Å². The van der Waals surface area contributed by atoms with Crippen LogP contribution in [0.15, 0.2) is 24.8 Å². The van der Waals surface area contributed by atoms with Gasteiger partial charge in [0.25, 0.3) is 0 Å². The van der Waals surface area contributed by atoms with Crippen LogP contribution in [-0.2, 0) is 11.3 Å². The molecule has 0 bridgehead atoms. The summed E-state index contributed by atoms with van der Waals surface area (Å²) in [5.74, 6) is 4.97. The number of rotatable bonds is 5. The number of anilines is 1. The van der Waals surface area contributed by atoms with Crippen LogP contribution < -0.4 is 22.1 Å². The number of benzene rings is 1. The minimum Gasteiger partial charge on any atom is -0.380 e. The second-order valence-corrected chi connectivity index (χ2v) is 3.23. The largest absolute Gasteiger partial charge is 0.380 e. The zero-order valence-corrected chi connectivity index (χ0v) is 9.62. The van der Waals surface area contributed by atoms with E-state index in [1.807, 2.05) is 12.1 Å². The topological polar surface area (TPSA) is 88.4 Å². The van der Waals surface area contributed by atoms with Gasteiger partial charge in [0.05, 0.1) is 6.61 Å². The van der Waals surface area contributed by atoms with Crippen LogP contribution in [0.3, 0.4) is 0 Å². The predicted octanol–water partition coefficient (Wildman–Crippen LogP) is 0.976. The van der Waals surface area contributed by atoms with Crippen molar-refractivity contribution in [2.75, 3.05) is 12.4 Å². The third-order valence-electron chi connectivity index (χ3n) is 2.15. The van der Waals surface area contributed by atoms with Crippen LogP contribution in [0.1, 0.15) is 11.1 Å². The highest BCUT2D eigenvalue weighted by Crippen LogP contribution is 2.21. The summed E-state index contributed by atoms with van der Waals surface area (Å²) in [5, 5.41) is 2.65. The quantitative estimate of drug-likeness (QED) is 0.453. The highest BCUT2D eigenvalue weighted by atomic mass is 16.5. The number of nitrogens with one attached hydrogen (secondary N) is 3. The molecule has 1 rings (SSSR count). The summed E-state index contributed by atoms with van der Waals surface area (Å²) in [4.78, 5) is 11.3. The van der Waals surface area contributed by atoms with Crippen LogP contribution in [0.4, 0.5) is 10.5 Å². The van der Waals surface area contributed by atoms with Gasteiger partial charge >= 0.3 is 6.03 Å². The van der Waals surface area contributed by atoms with Gasteiger partial charge in [-0.3, -0.25) is 11.3 Å². The number of ether oxygens (including phenoxy) is 1. The number of amides is 2. The molecule has 0 atom stereocenters. The smallest absolute Gasteiger partial charge is 0.334 e. The van der Waals surface area contributed by atoms with Crippen LogP contribution in [0.25, 0.3) is 6.08 Å². The van der Waals surface area contributed by atoms with Crippen LogP contribution in [0.2, 0.25) is 0 Å². The number of nitrogens with two attached hydrogens (primary N) is 1. The first-order valence-corrected chi connectivity index (χ1v) is 4.98. The number of methoxy groups -OCH3 is 1. The Balaban J connectivity index is 2.96. The monoisotopic (exact) mass is 236 g/mol. The van der Waals surface area contributed by atoms with Gasteiger partial charge in [-0.05, 0) is 11.6 Å². The molecule has 0 aliphatic heterocycles. The van der Waals surface area contributed by atoms with E-state index in [9.17, 15) is 4.79 Å². The maximum Gasteiger partial charge on any atom is 0.334 e. The molecule has 0 spiro atoms. The first kappa shape index (κ1) is 13.2. The van der Waals surface area contributed by atoms with Crippen LogP contribution >= 0.6 is 0 Å². The third kappa shape index (κ3) is 3.56. The molecule has 92 valence electrons. The zero-order chi connectivity index (χ0) is 12.7. The van der Waals surface area contributed by atoms with E-state index in [4.69, 9.17) is 10.6 Å². The lowest BCUT2D eigenvalue weighted by atomic mass is 10.1. The molecular weight excluding hydrogens is 220 g/mol. The molecule has 0 aromatic heterocycles. The Bertz CT molecular complexity index is 406. The Morgan fingerprint density at radius 1 is 1.59 bits per heavy atom. The minimum absolute atomic E-state index is 0.383. The summed E-state index contributed by atoms with van der Waals surface area (Å²) >= 11 is 0. The van der Waals surface area contributed by atoms with Gasteiger partial charge in [-0.2, -0.15) is 5.53 Å². The molecule has 1 aromatic rings. The van der Waals surface area contributed by atoms with Crippen molar-refractivity contribution in [2.45, 2.75) is 6.61 Å². The second kappa shape index (κ2) is 6.64. The highest BCUT2D eigenvalue weighted by molar-refractivity contribution is 5.90. The van der Waals surface area contributed by atoms with Crippen molar-refractivity contribution in [1.82, 2.24) is 11.0 Å². The second-order valence-electron chi connectivity index (χ2n) is 3.23. The molecule has 5 N–H and O–H groups in total. The fourth-order valence-corrected chi connectivity index (χ4v) is 1.44. The van der Waals surface area contributed by atoms with Gasteiger partial charge < -0.3 is 10.1 Å². The van der Waals surface area contributed by atoms with Crippen molar-refractivity contribution >= 4 is 17.8 Å². The van der Waals surface area contributed by atoms with Crippen molar-refractivity contribution in [3.05, 3.63) is 35.9 Å². The van der Waals surface area contributed by atoms with E-state index in [1.165, 1.54) is 0 Å². The van der Waals surface area contributed by atoms with E-state index in [0.29, 0.717) is 12.3 Å².